The molecule has 0 spiro atoms. The van der Waals surface area contributed by atoms with E-state index < -0.39 is 0 Å². The number of hydrogen-bond acceptors (Lipinski definition) is 3. The van der Waals surface area contributed by atoms with Gasteiger partial charge in [-0.05, 0) is 49.2 Å². The molecular formula is C16H16ClNO2. The maximum absolute atomic E-state index is 12.6. The Bertz CT molecular complexity index is 680. The molecule has 0 bridgehead atoms. The average Bonchev–Trinajstić information content (AvgIpc) is 2.40. The molecule has 2 aromatic rings. The van der Waals surface area contributed by atoms with Crippen molar-refractivity contribution < 1.29 is 9.53 Å². The van der Waals surface area contributed by atoms with Gasteiger partial charge in [0.1, 0.15) is 5.75 Å². The molecule has 0 aliphatic heterocycles. The monoisotopic (exact) mass is 289 g/mol. The molecule has 0 atom stereocenters. The Kier molecular flexibility index (Phi) is 4.00. The summed E-state index contributed by atoms with van der Waals surface area (Å²) >= 11 is 5.88. The maximum Gasteiger partial charge on any atom is 0.197 e. The first-order chi connectivity index (χ1) is 9.43. The van der Waals surface area contributed by atoms with Crippen LogP contribution in [0.15, 0.2) is 30.3 Å². The SMILES string of the molecule is COc1cc(C)cc(C)c1C(=O)c1ccc(Cl)c(N)c1. The molecule has 3 nitrogen and oxygen atoms in total. The van der Waals surface area contributed by atoms with Gasteiger partial charge in [0.25, 0.3) is 0 Å². The average molecular weight is 290 g/mol. The van der Waals surface area contributed by atoms with Crippen molar-refractivity contribution >= 4 is 23.1 Å². The molecule has 0 aliphatic carbocycles. The maximum atomic E-state index is 12.6. The summed E-state index contributed by atoms with van der Waals surface area (Å²) in [6.07, 6.45) is 0. The Labute approximate surface area is 123 Å². The van der Waals surface area contributed by atoms with Gasteiger partial charge in [-0.15, -0.1) is 0 Å². The predicted octanol–water partition coefficient (Wildman–Crippen LogP) is 3.78. The fourth-order valence-corrected chi connectivity index (χ4v) is 2.33. The van der Waals surface area contributed by atoms with E-state index in [0.29, 0.717) is 27.6 Å². The van der Waals surface area contributed by atoms with Gasteiger partial charge in [-0.1, -0.05) is 17.7 Å². The van der Waals surface area contributed by atoms with Crippen molar-refractivity contribution in [1.29, 1.82) is 0 Å². The van der Waals surface area contributed by atoms with E-state index in [9.17, 15) is 4.79 Å². The van der Waals surface area contributed by atoms with Gasteiger partial charge in [-0.2, -0.15) is 0 Å². The summed E-state index contributed by atoms with van der Waals surface area (Å²) < 4.78 is 5.33. The van der Waals surface area contributed by atoms with Gasteiger partial charge in [0.15, 0.2) is 5.78 Å². The minimum absolute atomic E-state index is 0.122. The Morgan fingerprint density at radius 3 is 2.50 bits per heavy atom. The third kappa shape index (κ3) is 2.63. The van der Waals surface area contributed by atoms with Crippen LogP contribution < -0.4 is 10.5 Å². The quantitative estimate of drug-likeness (QED) is 0.691. The summed E-state index contributed by atoms with van der Waals surface area (Å²) in [6.45, 7) is 3.85. The molecule has 0 heterocycles. The highest BCUT2D eigenvalue weighted by atomic mass is 35.5. The second kappa shape index (κ2) is 5.55. The standard InChI is InChI=1S/C16H16ClNO2/c1-9-6-10(2)15(14(7-9)20-3)16(19)11-4-5-12(17)13(18)8-11/h4-8H,18H2,1-3H3. The summed E-state index contributed by atoms with van der Waals surface area (Å²) in [5.41, 5.74) is 9.12. The minimum Gasteiger partial charge on any atom is -0.496 e. The van der Waals surface area contributed by atoms with Crippen molar-refractivity contribution in [3.05, 3.63) is 57.6 Å². The van der Waals surface area contributed by atoms with E-state index in [1.54, 1.807) is 25.3 Å². The molecular weight excluding hydrogens is 274 g/mol. The zero-order chi connectivity index (χ0) is 14.9. The third-order valence-electron chi connectivity index (χ3n) is 3.15. The highest BCUT2D eigenvalue weighted by Gasteiger charge is 2.18. The van der Waals surface area contributed by atoms with Crippen LogP contribution in [0.4, 0.5) is 5.69 Å². The van der Waals surface area contributed by atoms with Crippen LogP contribution in [-0.2, 0) is 0 Å². The van der Waals surface area contributed by atoms with Crippen LogP contribution in [0.2, 0.25) is 5.02 Å². The number of rotatable bonds is 3. The number of halogens is 1. The molecule has 20 heavy (non-hydrogen) atoms. The topological polar surface area (TPSA) is 52.3 Å². The van der Waals surface area contributed by atoms with Gasteiger partial charge < -0.3 is 10.5 Å². The minimum atomic E-state index is -0.122. The lowest BCUT2D eigenvalue weighted by atomic mass is 9.96. The van der Waals surface area contributed by atoms with E-state index in [0.717, 1.165) is 11.1 Å². The van der Waals surface area contributed by atoms with Crippen LogP contribution in [0, 0.1) is 13.8 Å². The lowest BCUT2D eigenvalue weighted by molar-refractivity contribution is 0.103. The van der Waals surface area contributed by atoms with Gasteiger partial charge in [0, 0.05) is 5.56 Å². The molecule has 0 radical (unpaired) electrons. The van der Waals surface area contributed by atoms with E-state index in [2.05, 4.69) is 0 Å². The number of nitrogens with two attached hydrogens (primary N) is 1. The molecule has 0 fully saturated rings. The molecule has 2 rings (SSSR count). The lowest BCUT2D eigenvalue weighted by Gasteiger charge is -2.12. The Balaban J connectivity index is 2.55. The molecule has 0 saturated carbocycles. The number of anilines is 1. The molecule has 2 aromatic carbocycles. The van der Waals surface area contributed by atoms with Gasteiger partial charge in [-0.3, -0.25) is 4.79 Å². The number of methoxy groups -OCH3 is 1. The van der Waals surface area contributed by atoms with Crippen LogP contribution in [0.5, 0.6) is 5.75 Å². The Morgan fingerprint density at radius 2 is 1.90 bits per heavy atom. The zero-order valence-corrected chi connectivity index (χ0v) is 12.4. The molecule has 0 aromatic heterocycles. The van der Waals surface area contributed by atoms with Crippen molar-refractivity contribution in [2.24, 2.45) is 0 Å². The second-order valence-corrected chi connectivity index (χ2v) is 5.13. The Hall–Kier alpha value is -2.00. The van der Waals surface area contributed by atoms with E-state index in [1.807, 2.05) is 26.0 Å². The first-order valence-electron chi connectivity index (χ1n) is 6.19. The number of ketones is 1. The van der Waals surface area contributed by atoms with Crippen molar-refractivity contribution in [3.8, 4) is 5.75 Å². The summed E-state index contributed by atoms with van der Waals surface area (Å²) in [7, 11) is 1.56. The number of aryl methyl sites for hydroxylation is 2. The number of hydrogen-bond donors (Lipinski definition) is 1. The van der Waals surface area contributed by atoms with E-state index in [1.165, 1.54) is 0 Å². The number of carbonyl (C=O) groups excluding carboxylic acids is 1. The number of nitrogen functional groups attached to an aromatic ring is 1. The van der Waals surface area contributed by atoms with Gasteiger partial charge in [0.2, 0.25) is 0 Å². The zero-order valence-electron chi connectivity index (χ0n) is 11.7. The molecule has 0 aliphatic rings. The number of benzene rings is 2. The fraction of sp³-hybridized carbons (Fsp3) is 0.188. The summed E-state index contributed by atoms with van der Waals surface area (Å²) in [6, 6.07) is 8.68. The van der Waals surface area contributed by atoms with Crippen LogP contribution >= 0.6 is 11.6 Å². The second-order valence-electron chi connectivity index (χ2n) is 4.72. The largest absolute Gasteiger partial charge is 0.496 e. The number of carbonyl (C=O) groups is 1. The van der Waals surface area contributed by atoms with Crippen molar-refractivity contribution in [1.82, 2.24) is 0 Å². The summed E-state index contributed by atoms with van der Waals surface area (Å²) in [5, 5.41) is 0.439. The van der Waals surface area contributed by atoms with Crippen LogP contribution in [0.1, 0.15) is 27.0 Å². The molecule has 2 N–H and O–H groups in total. The predicted molar refractivity (Wildman–Crippen MR) is 81.8 cm³/mol. The van der Waals surface area contributed by atoms with E-state index >= 15 is 0 Å². The molecule has 0 amide bonds. The first kappa shape index (κ1) is 14.4. The first-order valence-corrected chi connectivity index (χ1v) is 6.56. The van der Waals surface area contributed by atoms with Gasteiger partial charge in [-0.25, -0.2) is 0 Å². The van der Waals surface area contributed by atoms with Gasteiger partial charge >= 0.3 is 0 Å². The fourth-order valence-electron chi connectivity index (χ4n) is 2.21. The smallest absolute Gasteiger partial charge is 0.197 e. The molecule has 0 unspecified atom stereocenters. The van der Waals surface area contributed by atoms with Crippen LogP contribution in [0.3, 0.4) is 0 Å². The van der Waals surface area contributed by atoms with Crippen molar-refractivity contribution in [2.75, 3.05) is 12.8 Å². The molecule has 104 valence electrons. The summed E-state index contributed by atoms with van der Waals surface area (Å²) in [5.74, 6) is 0.448. The number of ether oxygens (including phenoxy) is 1. The Morgan fingerprint density at radius 1 is 1.20 bits per heavy atom. The normalized spacial score (nSPS) is 10.4. The van der Waals surface area contributed by atoms with E-state index in [-0.39, 0.29) is 5.78 Å². The van der Waals surface area contributed by atoms with Crippen LogP contribution in [0.25, 0.3) is 0 Å². The summed E-state index contributed by atoms with van der Waals surface area (Å²) in [4.78, 5) is 12.6. The molecule has 0 saturated heterocycles. The highest BCUT2D eigenvalue weighted by Crippen LogP contribution is 2.28. The lowest BCUT2D eigenvalue weighted by Crippen LogP contribution is -2.07. The van der Waals surface area contributed by atoms with Crippen molar-refractivity contribution in [3.63, 3.8) is 0 Å². The van der Waals surface area contributed by atoms with E-state index in [4.69, 9.17) is 22.1 Å². The van der Waals surface area contributed by atoms with Crippen molar-refractivity contribution in [2.45, 2.75) is 13.8 Å². The van der Waals surface area contributed by atoms with Crippen LogP contribution in [-0.4, -0.2) is 12.9 Å². The van der Waals surface area contributed by atoms with Gasteiger partial charge in [0.05, 0.1) is 23.4 Å². The highest BCUT2D eigenvalue weighted by molar-refractivity contribution is 6.33. The third-order valence-corrected chi connectivity index (χ3v) is 3.49. The molecule has 4 heteroatoms.